The number of carbonyl (C=O) groups excluding carboxylic acids is 4. The van der Waals surface area contributed by atoms with E-state index < -0.39 is 42.3 Å². The number of nitrogens with one attached hydrogen (secondary N) is 2. The predicted molar refractivity (Wildman–Crippen MR) is 101 cm³/mol. The molecule has 11 heteroatoms. The van der Waals surface area contributed by atoms with E-state index in [2.05, 4.69) is 15.3 Å². The van der Waals surface area contributed by atoms with Gasteiger partial charge < -0.3 is 23.9 Å². The van der Waals surface area contributed by atoms with E-state index in [4.69, 9.17) is 18.9 Å². The quantitative estimate of drug-likeness (QED) is 0.540. The summed E-state index contributed by atoms with van der Waals surface area (Å²) in [4.78, 5) is 54.2. The van der Waals surface area contributed by atoms with Crippen molar-refractivity contribution in [1.29, 1.82) is 0 Å². The Hall–Kier alpha value is -3.89. The van der Waals surface area contributed by atoms with Crippen LogP contribution in [0.15, 0.2) is 36.1 Å². The van der Waals surface area contributed by atoms with Gasteiger partial charge in [0, 0.05) is 26.8 Å². The van der Waals surface area contributed by atoms with Gasteiger partial charge in [-0.3, -0.25) is 24.5 Å². The number of anilines is 1. The van der Waals surface area contributed by atoms with Gasteiger partial charge in [0.15, 0.2) is 11.9 Å². The van der Waals surface area contributed by atoms with E-state index in [1.807, 2.05) is 0 Å². The van der Waals surface area contributed by atoms with Crippen LogP contribution in [0.2, 0.25) is 0 Å². The number of para-hydroxylation sites is 2. The summed E-state index contributed by atoms with van der Waals surface area (Å²) >= 11 is 0. The van der Waals surface area contributed by atoms with Crippen LogP contribution in [0.4, 0.5) is 5.95 Å². The minimum absolute atomic E-state index is 0.154. The lowest BCUT2D eigenvalue weighted by molar-refractivity contribution is -0.221. The van der Waals surface area contributed by atoms with Gasteiger partial charge in [0.05, 0.1) is 11.0 Å². The summed E-state index contributed by atoms with van der Waals surface area (Å²) in [6, 6.07) is 7.14. The number of hydrogen-bond acceptors (Lipinski definition) is 9. The number of nitrogens with zero attached hydrogens (tertiary/aromatic N) is 1. The van der Waals surface area contributed by atoms with Crippen molar-refractivity contribution in [2.45, 2.75) is 39.3 Å². The maximum Gasteiger partial charge on any atom is 0.305 e. The molecule has 3 atom stereocenters. The highest BCUT2D eigenvalue weighted by Gasteiger charge is 2.43. The number of esters is 3. The molecule has 2 N–H and O–H groups in total. The molecule has 30 heavy (non-hydrogen) atoms. The first-order valence-corrected chi connectivity index (χ1v) is 8.89. The van der Waals surface area contributed by atoms with Gasteiger partial charge in [0.2, 0.25) is 12.1 Å². The fourth-order valence-corrected chi connectivity index (χ4v) is 2.80. The second-order valence-electron chi connectivity index (χ2n) is 6.33. The molecule has 0 aliphatic carbocycles. The number of carbonyl (C=O) groups is 4. The van der Waals surface area contributed by atoms with Crippen molar-refractivity contribution in [3.05, 3.63) is 36.1 Å². The Balaban J connectivity index is 1.87. The summed E-state index contributed by atoms with van der Waals surface area (Å²) in [5, 5.41) is 2.52. The molecule has 1 amide bonds. The Kier molecular flexibility index (Phi) is 6.00. The standard InChI is InChI=1S/C19H19N3O8/c1-9(23)27-14-8-15(30-18(29-11(3)25)16(14)28-10(2)24)17(26)22-19-20-12-6-4-5-7-13(12)21-19/h4-8,14,16,18H,1-3H3,(H2,20,21,22,26)/t14-,16+,18+/m0/s1. The molecule has 0 fully saturated rings. The normalized spacial score (nSPS) is 20.5. The molecule has 0 saturated heterocycles. The zero-order valence-corrected chi connectivity index (χ0v) is 16.3. The number of H-pyrrole nitrogens is 1. The Bertz CT molecular complexity index is 995. The summed E-state index contributed by atoms with van der Waals surface area (Å²) in [5.74, 6) is -3.07. The lowest BCUT2D eigenvalue weighted by Crippen LogP contribution is -2.49. The van der Waals surface area contributed by atoms with E-state index in [-0.39, 0.29) is 11.7 Å². The third kappa shape index (κ3) is 4.93. The van der Waals surface area contributed by atoms with E-state index in [0.717, 1.165) is 26.8 Å². The second-order valence-corrected chi connectivity index (χ2v) is 6.33. The van der Waals surface area contributed by atoms with Crippen LogP contribution in [0.1, 0.15) is 20.8 Å². The van der Waals surface area contributed by atoms with Gasteiger partial charge in [-0.05, 0) is 12.1 Å². The fraction of sp³-hybridized carbons (Fsp3) is 0.316. The topological polar surface area (TPSA) is 146 Å². The Morgan fingerprint density at radius 1 is 1.00 bits per heavy atom. The Morgan fingerprint density at radius 2 is 1.67 bits per heavy atom. The van der Waals surface area contributed by atoms with Crippen molar-refractivity contribution < 1.29 is 38.1 Å². The first-order valence-electron chi connectivity index (χ1n) is 8.89. The molecule has 0 saturated carbocycles. The van der Waals surface area contributed by atoms with Gasteiger partial charge in [0.25, 0.3) is 12.2 Å². The first-order chi connectivity index (χ1) is 14.2. The molecule has 0 spiro atoms. The second kappa shape index (κ2) is 8.64. The lowest BCUT2D eigenvalue weighted by Gasteiger charge is -2.34. The average Bonchev–Trinajstić information content (AvgIpc) is 3.05. The zero-order valence-electron chi connectivity index (χ0n) is 16.3. The van der Waals surface area contributed by atoms with Crippen LogP contribution < -0.4 is 5.32 Å². The number of rotatable bonds is 5. The number of amides is 1. The molecular weight excluding hydrogens is 398 g/mol. The Labute approximate surface area is 170 Å². The van der Waals surface area contributed by atoms with Crippen LogP contribution in [0.5, 0.6) is 0 Å². The van der Waals surface area contributed by atoms with Crippen molar-refractivity contribution in [3.8, 4) is 0 Å². The maximum atomic E-state index is 12.7. The molecule has 1 aliphatic heterocycles. The van der Waals surface area contributed by atoms with E-state index in [1.54, 1.807) is 24.3 Å². The molecule has 1 aromatic heterocycles. The molecule has 158 valence electrons. The predicted octanol–water partition coefficient (Wildman–Crippen LogP) is 1.17. The number of aromatic amines is 1. The molecule has 1 aromatic carbocycles. The van der Waals surface area contributed by atoms with Crippen molar-refractivity contribution in [1.82, 2.24) is 9.97 Å². The largest absolute Gasteiger partial charge is 0.454 e. The number of benzene rings is 1. The van der Waals surface area contributed by atoms with Crippen LogP contribution in [-0.4, -0.2) is 52.3 Å². The summed E-state index contributed by atoms with van der Waals surface area (Å²) < 4.78 is 20.7. The summed E-state index contributed by atoms with van der Waals surface area (Å²) in [7, 11) is 0. The SMILES string of the molecule is CC(=O)O[C@@H]1OC(C(=O)Nc2nc3ccccc3[nH]2)=C[C@H](OC(C)=O)[C@H]1OC(C)=O. The summed E-state index contributed by atoms with van der Waals surface area (Å²) in [5.41, 5.74) is 1.34. The van der Waals surface area contributed by atoms with Crippen molar-refractivity contribution in [2.24, 2.45) is 0 Å². The van der Waals surface area contributed by atoms with Gasteiger partial charge in [-0.2, -0.15) is 0 Å². The summed E-state index contributed by atoms with van der Waals surface area (Å²) in [6.45, 7) is 3.38. The highest BCUT2D eigenvalue weighted by Crippen LogP contribution is 2.26. The van der Waals surface area contributed by atoms with Gasteiger partial charge in [-0.25, -0.2) is 4.98 Å². The zero-order chi connectivity index (χ0) is 21.8. The minimum atomic E-state index is -1.50. The minimum Gasteiger partial charge on any atom is -0.454 e. The van der Waals surface area contributed by atoms with Crippen LogP contribution in [0, 0.1) is 0 Å². The molecule has 2 heterocycles. The number of ether oxygens (including phenoxy) is 4. The van der Waals surface area contributed by atoms with Gasteiger partial charge >= 0.3 is 17.9 Å². The van der Waals surface area contributed by atoms with Crippen LogP contribution in [0.3, 0.4) is 0 Å². The number of hydrogen-bond donors (Lipinski definition) is 2. The van der Waals surface area contributed by atoms with Gasteiger partial charge in [-0.1, -0.05) is 12.1 Å². The maximum absolute atomic E-state index is 12.7. The van der Waals surface area contributed by atoms with Crippen LogP contribution >= 0.6 is 0 Å². The molecule has 0 radical (unpaired) electrons. The number of imidazole rings is 1. The molecular formula is C19H19N3O8. The lowest BCUT2D eigenvalue weighted by atomic mass is 10.1. The van der Waals surface area contributed by atoms with Gasteiger partial charge in [-0.15, -0.1) is 0 Å². The average molecular weight is 417 g/mol. The van der Waals surface area contributed by atoms with E-state index in [9.17, 15) is 19.2 Å². The summed E-state index contributed by atoms with van der Waals surface area (Å²) in [6.07, 6.45) is -2.86. The number of fused-ring (bicyclic) bond motifs is 1. The third-order valence-electron chi connectivity index (χ3n) is 3.88. The molecule has 11 nitrogen and oxygen atoms in total. The van der Waals surface area contributed by atoms with Crippen molar-refractivity contribution >= 4 is 40.8 Å². The fourth-order valence-electron chi connectivity index (χ4n) is 2.80. The third-order valence-corrected chi connectivity index (χ3v) is 3.88. The van der Waals surface area contributed by atoms with Crippen molar-refractivity contribution in [3.63, 3.8) is 0 Å². The molecule has 0 unspecified atom stereocenters. The highest BCUT2D eigenvalue weighted by molar-refractivity contribution is 6.02. The van der Waals surface area contributed by atoms with Crippen molar-refractivity contribution in [2.75, 3.05) is 5.32 Å². The smallest absolute Gasteiger partial charge is 0.305 e. The van der Waals surface area contributed by atoms with E-state index in [0.29, 0.717) is 11.0 Å². The first kappa shape index (κ1) is 20.8. The molecule has 1 aliphatic rings. The van der Waals surface area contributed by atoms with E-state index in [1.165, 1.54) is 0 Å². The van der Waals surface area contributed by atoms with Crippen LogP contribution in [-0.2, 0) is 38.1 Å². The molecule has 2 aromatic rings. The van der Waals surface area contributed by atoms with E-state index >= 15 is 0 Å². The highest BCUT2D eigenvalue weighted by atomic mass is 16.7. The number of aromatic nitrogens is 2. The molecule has 3 rings (SSSR count). The van der Waals surface area contributed by atoms with Gasteiger partial charge in [0.1, 0.15) is 0 Å². The van der Waals surface area contributed by atoms with Crippen LogP contribution in [0.25, 0.3) is 11.0 Å². The monoisotopic (exact) mass is 417 g/mol. The Morgan fingerprint density at radius 3 is 2.30 bits per heavy atom. The molecule has 0 bridgehead atoms.